The van der Waals surface area contributed by atoms with Crippen molar-refractivity contribution in [1.82, 2.24) is 5.32 Å². The van der Waals surface area contributed by atoms with E-state index in [4.69, 9.17) is 20.4 Å². The minimum absolute atomic E-state index is 0.212. The van der Waals surface area contributed by atoms with Gasteiger partial charge in [0.05, 0.1) is 0 Å². The Labute approximate surface area is 69.3 Å². The van der Waals surface area contributed by atoms with Crippen LogP contribution in [0.2, 0.25) is 0 Å². The van der Waals surface area contributed by atoms with E-state index in [0.29, 0.717) is 12.1 Å². The molecule has 5 N–H and O–H groups in total. The summed E-state index contributed by atoms with van der Waals surface area (Å²) in [6.45, 7) is 0.299. The van der Waals surface area contributed by atoms with Crippen molar-refractivity contribution in [3.63, 3.8) is 0 Å². The molecular weight excluding hydrogens is 162 g/mol. The molecule has 12 heavy (non-hydrogen) atoms. The van der Waals surface area contributed by atoms with Gasteiger partial charge in [0.25, 0.3) is 0 Å². The molecule has 1 heterocycles. The van der Waals surface area contributed by atoms with E-state index in [1.165, 1.54) is 12.3 Å². The third kappa shape index (κ3) is 2.05. The van der Waals surface area contributed by atoms with Gasteiger partial charge in [0.1, 0.15) is 0 Å². The van der Waals surface area contributed by atoms with E-state index in [2.05, 4.69) is 5.32 Å². The van der Waals surface area contributed by atoms with E-state index < -0.39 is 12.6 Å². The molecule has 0 bridgehead atoms. The van der Waals surface area contributed by atoms with Crippen LogP contribution in [0.25, 0.3) is 0 Å². The van der Waals surface area contributed by atoms with Gasteiger partial charge in [-0.1, -0.05) is 0 Å². The zero-order chi connectivity index (χ0) is 9.14. The van der Waals surface area contributed by atoms with Crippen LogP contribution >= 0.6 is 0 Å². The molecule has 0 unspecified atom stereocenters. The monoisotopic (exact) mass is 173 g/mol. The lowest BCUT2D eigenvalue weighted by molar-refractivity contribution is -0.0138. The van der Waals surface area contributed by atoms with Gasteiger partial charge in [0, 0.05) is 23.9 Å². The molecule has 5 nitrogen and oxygen atoms in total. The average molecular weight is 173 g/mol. The van der Waals surface area contributed by atoms with Crippen molar-refractivity contribution in [3.8, 4) is 0 Å². The van der Waals surface area contributed by atoms with E-state index in [0.717, 1.165) is 0 Å². The molecular formula is C7H11NO4. The summed E-state index contributed by atoms with van der Waals surface area (Å²) in [6, 6.07) is 0. The standard InChI is InChI=1S/C7H11NO4/c9-6(10)4-1-5(7(11)12)3-8-2-4/h1-2,6-12H,3H2. The molecule has 0 radical (unpaired) electrons. The van der Waals surface area contributed by atoms with Crippen molar-refractivity contribution in [2.24, 2.45) is 0 Å². The molecule has 5 heteroatoms. The Hall–Kier alpha value is -0.880. The quantitative estimate of drug-likeness (QED) is 0.312. The van der Waals surface area contributed by atoms with Crippen molar-refractivity contribution in [2.45, 2.75) is 12.6 Å². The second-order valence-electron chi connectivity index (χ2n) is 2.49. The summed E-state index contributed by atoms with van der Waals surface area (Å²) in [5.41, 5.74) is 0.518. The van der Waals surface area contributed by atoms with E-state index in [1.54, 1.807) is 0 Å². The first-order valence-electron chi connectivity index (χ1n) is 3.47. The lowest BCUT2D eigenvalue weighted by atomic mass is 10.1. The molecule has 0 saturated heterocycles. The van der Waals surface area contributed by atoms with Crippen LogP contribution in [0.3, 0.4) is 0 Å². The lowest BCUT2D eigenvalue weighted by Gasteiger charge is -2.17. The van der Waals surface area contributed by atoms with Crippen LogP contribution in [0, 0.1) is 0 Å². The Balaban J connectivity index is 2.74. The first kappa shape index (κ1) is 9.21. The Bertz CT molecular complexity index is 219. The minimum Gasteiger partial charge on any atom is -0.387 e. The van der Waals surface area contributed by atoms with Crippen LogP contribution in [-0.2, 0) is 0 Å². The molecule has 0 aliphatic carbocycles. The predicted octanol–water partition coefficient (Wildman–Crippen LogP) is -1.98. The molecule has 0 aromatic rings. The maximum atomic E-state index is 8.73. The van der Waals surface area contributed by atoms with Gasteiger partial charge < -0.3 is 25.7 Å². The topological polar surface area (TPSA) is 93.0 Å². The molecule has 0 saturated carbocycles. The predicted molar refractivity (Wildman–Crippen MR) is 40.6 cm³/mol. The average Bonchev–Trinajstić information content (AvgIpc) is 2.04. The number of nitrogens with one attached hydrogen (secondary N) is 1. The summed E-state index contributed by atoms with van der Waals surface area (Å²) in [5.74, 6) is 0. The highest BCUT2D eigenvalue weighted by molar-refractivity contribution is 5.30. The summed E-state index contributed by atoms with van der Waals surface area (Å²) in [7, 11) is 0. The second-order valence-corrected chi connectivity index (χ2v) is 2.49. The Morgan fingerprint density at radius 1 is 1.17 bits per heavy atom. The fourth-order valence-corrected chi connectivity index (χ4v) is 0.908. The van der Waals surface area contributed by atoms with E-state index in [9.17, 15) is 0 Å². The van der Waals surface area contributed by atoms with Gasteiger partial charge in [-0.05, 0) is 6.08 Å². The van der Waals surface area contributed by atoms with Gasteiger partial charge in [-0.15, -0.1) is 0 Å². The van der Waals surface area contributed by atoms with E-state index in [-0.39, 0.29) is 5.57 Å². The van der Waals surface area contributed by atoms with Gasteiger partial charge >= 0.3 is 0 Å². The summed E-state index contributed by atoms with van der Waals surface area (Å²) in [4.78, 5) is 0. The van der Waals surface area contributed by atoms with Crippen molar-refractivity contribution >= 4 is 0 Å². The zero-order valence-electron chi connectivity index (χ0n) is 6.31. The fourth-order valence-electron chi connectivity index (χ4n) is 0.908. The lowest BCUT2D eigenvalue weighted by Crippen LogP contribution is -2.26. The molecule has 0 spiro atoms. The SMILES string of the molecule is OC(O)C1=CNCC(C(O)O)=C1. The maximum absolute atomic E-state index is 8.73. The Morgan fingerprint density at radius 2 is 1.83 bits per heavy atom. The van der Waals surface area contributed by atoms with Gasteiger partial charge in [0.2, 0.25) is 0 Å². The number of aliphatic hydroxyl groups is 4. The molecule has 0 atom stereocenters. The largest absolute Gasteiger partial charge is 0.387 e. The second kappa shape index (κ2) is 3.68. The zero-order valence-corrected chi connectivity index (χ0v) is 6.31. The van der Waals surface area contributed by atoms with Crippen LogP contribution < -0.4 is 5.32 Å². The number of hydrogen-bond acceptors (Lipinski definition) is 5. The van der Waals surface area contributed by atoms with Gasteiger partial charge in [-0.2, -0.15) is 0 Å². The third-order valence-electron chi connectivity index (χ3n) is 1.56. The maximum Gasteiger partial charge on any atom is 0.179 e. The highest BCUT2D eigenvalue weighted by Gasteiger charge is 2.13. The molecule has 0 fully saturated rings. The van der Waals surface area contributed by atoms with E-state index >= 15 is 0 Å². The molecule has 68 valence electrons. The normalized spacial score (nSPS) is 17.5. The number of rotatable bonds is 2. The number of aliphatic hydroxyl groups excluding tert-OH is 2. The summed E-state index contributed by atoms with van der Waals surface area (Å²) >= 11 is 0. The van der Waals surface area contributed by atoms with Crippen molar-refractivity contribution < 1.29 is 20.4 Å². The van der Waals surface area contributed by atoms with Crippen LogP contribution in [0.5, 0.6) is 0 Å². The molecule has 0 aromatic heterocycles. The Morgan fingerprint density at radius 3 is 2.33 bits per heavy atom. The molecule has 1 aliphatic rings. The first-order valence-corrected chi connectivity index (χ1v) is 3.47. The van der Waals surface area contributed by atoms with Gasteiger partial charge in [-0.25, -0.2) is 0 Å². The van der Waals surface area contributed by atoms with Crippen molar-refractivity contribution in [3.05, 3.63) is 23.4 Å². The van der Waals surface area contributed by atoms with Gasteiger partial charge in [0.15, 0.2) is 12.6 Å². The molecule has 0 amide bonds. The molecule has 0 aromatic carbocycles. The van der Waals surface area contributed by atoms with Crippen LogP contribution in [-0.4, -0.2) is 39.6 Å². The van der Waals surface area contributed by atoms with Crippen molar-refractivity contribution in [2.75, 3.05) is 6.54 Å². The van der Waals surface area contributed by atoms with Gasteiger partial charge in [-0.3, -0.25) is 0 Å². The highest BCUT2D eigenvalue weighted by atomic mass is 16.5. The van der Waals surface area contributed by atoms with Crippen LogP contribution in [0.15, 0.2) is 23.4 Å². The van der Waals surface area contributed by atoms with E-state index in [1.807, 2.05) is 0 Å². The van der Waals surface area contributed by atoms with Crippen molar-refractivity contribution in [1.29, 1.82) is 0 Å². The number of dihydropyridines is 1. The summed E-state index contributed by atoms with van der Waals surface area (Å²) < 4.78 is 0. The first-order chi connectivity index (χ1) is 5.61. The Kier molecular flexibility index (Phi) is 2.83. The third-order valence-corrected chi connectivity index (χ3v) is 1.56. The summed E-state index contributed by atoms with van der Waals surface area (Å²) in [5, 5.41) is 37.6. The van der Waals surface area contributed by atoms with Crippen LogP contribution in [0.4, 0.5) is 0 Å². The number of hydrogen-bond donors (Lipinski definition) is 5. The fraction of sp³-hybridized carbons (Fsp3) is 0.429. The van der Waals surface area contributed by atoms with Crippen LogP contribution in [0.1, 0.15) is 0 Å². The molecule has 1 rings (SSSR count). The smallest absolute Gasteiger partial charge is 0.179 e. The highest BCUT2D eigenvalue weighted by Crippen LogP contribution is 2.11. The summed E-state index contributed by atoms with van der Waals surface area (Å²) in [6.07, 6.45) is -0.394. The molecule has 1 aliphatic heterocycles. The minimum atomic E-state index is -1.59.